The van der Waals surface area contributed by atoms with Crippen molar-refractivity contribution in [3.8, 4) is 0 Å². The number of carbonyl (C=O) groups is 2. The number of piperidine rings is 1. The van der Waals surface area contributed by atoms with E-state index in [0.717, 1.165) is 18.4 Å². The average Bonchev–Trinajstić information content (AvgIpc) is 2.55. The van der Waals surface area contributed by atoms with Gasteiger partial charge >= 0.3 is 0 Å². The van der Waals surface area contributed by atoms with E-state index in [9.17, 15) is 9.59 Å². The summed E-state index contributed by atoms with van der Waals surface area (Å²) < 4.78 is 4.94. The molecule has 5 nitrogen and oxygen atoms in total. The molecule has 23 heavy (non-hydrogen) atoms. The predicted molar refractivity (Wildman–Crippen MR) is 89.5 cm³/mol. The van der Waals surface area contributed by atoms with E-state index in [1.165, 1.54) is 5.56 Å². The van der Waals surface area contributed by atoms with Gasteiger partial charge in [-0.2, -0.15) is 0 Å². The topological polar surface area (TPSA) is 58.6 Å². The summed E-state index contributed by atoms with van der Waals surface area (Å²) in [5.41, 5.74) is 3.01. The zero-order valence-electron chi connectivity index (χ0n) is 14.2. The molecule has 0 radical (unpaired) electrons. The molecular weight excluding hydrogens is 292 g/mol. The number of hydrogen-bond acceptors (Lipinski definition) is 3. The lowest BCUT2D eigenvalue weighted by Gasteiger charge is -2.32. The molecule has 2 amide bonds. The van der Waals surface area contributed by atoms with Gasteiger partial charge in [0.25, 0.3) is 5.91 Å². The summed E-state index contributed by atoms with van der Waals surface area (Å²) in [6.45, 7) is 5.90. The Labute approximate surface area is 138 Å². The van der Waals surface area contributed by atoms with Crippen molar-refractivity contribution in [2.75, 3.05) is 26.8 Å². The maximum atomic E-state index is 12.3. The third-order valence-electron chi connectivity index (χ3n) is 4.47. The molecular formula is C18H26N2O3. The second-order valence-corrected chi connectivity index (χ2v) is 6.17. The van der Waals surface area contributed by atoms with Gasteiger partial charge in [0.2, 0.25) is 5.91 Å². The lowest BCUT2D eigenvalue weighted by molar-refractivity contribution is -0.133. The molecule has 0 spiro atoms. The number of aryl methyl sites for hydroxylation is 2. The summed E-state index contributed by atoms with van der Waals surface area (Å²) in [5.74, 6) is 0.100. The van der Waals surface area contributed by atoms with Crippen LogP contribution in [0, 0.1) is 13.8 Å². The Morgan fingerprint density at radius 3 is 2.52 bits per heavy atom. The first-order valence-electron chi connectivity index (χ1n) is 8.16. The van der Waals surface area contributed by atoms with Gasteiger partial charge in [-0.3, -0.25) is 9.59 Å². The fourth-order valence-electron chi connectivity index (χ4n) is 2.77. The molecule has 0 atom stereocenters. The number of nitrogens with zero attached hydrogens (tertiary/aromatic N) is 1. The largest absolute Gasteiger partial charge is 0.384 e. The highest BCUT2D eigenvalue weighted by atomic mass is 16.5. The van der Waals surface area contributed by atoms with Crippen molar-refractivity contribution in [2.45, 2.75) is 39.2 Å². The molecule has 126 valence electrons. The maximum absolute atomic E-state index is 12.3. The number of carbonyl (C=O) groups excluding carboxylic acids is 2. The summed E-state index contributed by atoms with van der Waals surface area (Å²) in [6, 6.07) is 5.90. The molecule has 1 N–H and O–H groups in total. The number of amides is 2. The van der Waals surface area contributed by atoms with Crippen LogP contribution in [0.2, 0.25) is 0 Å². The van der Waals surface area contributed by atoms with Crippen LogP contribution in [0.3, 0.4) is 0 Å². The highest BCUT2D eigenvalue weighted by Gasteiger charge is 2.23. The fourth-order valence-corrected chi connectivity index (χ4v) is 2.77. The molecule has 1 saturated heterocycles. The highest BCUT2D eigenvalue weighted by molar-refractivity contribution is 5.94. The lowest BCUT2D eigenvalue weighted by atomic mass is 10.0. The molecule has 1 aliphatic rings. The van der Waals surface area contributed by atoms with Gasteiger partial charge in [-0.15, -0.1) is 0 Å². The number of rotatable bonds is 5. The van der Waals surface area contributed by atoms with Crippen LogP contribution in [0.1, 0.15) is 40.7 Å². The Kier molecular flexibility index (Phi) is 6.16. The van der Waals surface area contributed by atoms with Gasteiger partial charge in [-0.05, 0) is 49.9 Å². The van der Waals surface area contributed by atoms with Crippen molar-refractivity contribution in [1.82, 2.24) is 10.2 Å². The van der Waals surface area contributed by atoms with E-state index in [1.54, 1.807) is 7.11 Å². The van der Waals surface area contributed by atoms with Crippen molar-refractivity contribution in [2.24, 2.45) is 0 Å². The molecule has 0 aromatic heterocycles. The SMILES string of the molecule is COCCC(=O)N1CCC(NC(=O)c2ccc(C)c(C)c2)CC1. The number of benzene rings is 1. The number of hydrogen-bond donors (Lipinski definition) is 1. The maximum Gasteiger partial charge on any atom is 0.251 e. The van der Waals surface area contributed by atoms with E-state index in [0.29, 0.717) is 31.7 Å². The molecule has 1 fully saturated rings. The second-order valence-electron chi connectivity index (χ2n) is 6.17. The molecule has 5 heteroatoms. The van der Waals surface area contributed by atoms with Crippen LogP contribution in [0.25, 0.3) is 0 Å². The third kappa shape index (κ3) is 4.79. The zero-order valence-corrected chi connectivity index (χ0v) is 14.2. The van der Waals surface area contributed by atoms with Crippen LogP contribution in [0.15, 0.2) is 18.2 Å². The first kappa shape index (κ1) is 17.5. The van der Waals surface area contributed by atoms with Gasteiger partial charge in [0.1, 0.15) is 0 Å². The van der Waals surface area contributed by atoms with E-state index >= 15 is 0 Å². The van der Waals surface area contributed by atoms with E-state index in [1.807, 2.05) is 36.9 Å². The normalized spacial score (nSPS) is 15.5. The Morgan fingerprint density at radius 2 is 1.91 bits per heavy atom. The van der Waals surface area contributed by atoms with Crippen molar-refractivity contribution in [3.63, 3.8) is 0 Å². The highest BCUT2D eigenvalue weighted by Crippen LogP contribution is 2.14. The van der Waals surface area contributed by atoms with Gasteiger partial charge in [-0.25, -0.2) is 0 Å². The minimum absolute atomic E-state index is 0.0303. The van der Waals surface area contributed by atoms with Gasteiger partial charge < -0.3 is 15.0 Å². The Hall–Kier alpha value is -1.88. The number of methoxy groups -OCH3 is 1. The summed E-state index contributed by atoms with van der Waals surface area (Å²) in [5, 5.41) is 3.08. The predicted octanol–water partition coefficient (Wildman–Crippen LogP) is 2.06. The summed E-state index contributed by atoms with van der Waals surface area (Å²) in [4.78, 5) is 26.1. The van der Waals surface area contributed by atoms with E-state index in [4.69, 9.17) is 4.74 Å². The second kappa shape index (κ2) is 8.11. The van der Waals surface area contributed by atoms with Crippen LogP contribution in [0.5, 0.6) is 0 Å². The molecule has 0 bridgehead atoms. The first-order chi connectivity index (χ1) is 11.0. The van der Waals surface area contributed by atoms with Crippen molar-refractivity contribution < 1.29 is 14.3 Å². The van der Waals surface area contributed by atoms with Crippen LogP contribution in [0.4, 0.5) is 0 Å². The van der Waals surface area contributed by atoms with Crippen molar-refractivity contribution in [1.29, 1.82) is 0 Å². The van der Waals surface area contributed by atoms with Crippen LogP contribution in [-0.2, 0) is 9.53 Å². The standard InChI is InChI=1S/C18H26N2O3/c1-13-4-5-15(12-14(13)2)18(22)19-16-6-9-20(10-7-16)17(21)8-11-23-3/h4-5,12,16H,6-11H2,1-3H3,(H,19,22). The van der Waals surface area contributed by atoms with Gasteiger partial charge in [0.05, 0.1) is 13.0 Å². The number of likely N-dealkylation sites (tertiary alicyclic amines) is 1. The molecule has 1 heterocycles. The lowest BCUT2D eigenvalue weighted by Crippen LogP contribution is -2.46. The zero-order chi connectivity index (χ0) is 16.8. The van der Waals surface area contributed by atoms with Gasteiger partial charge in [0.15, 0.2) is 0 Å². The quantitative estimate of drug-likeness (QED) is 0.904. The van der Waals surface area contributed by atoms with Crippen LogP contribution in [-0.4, -0.2) is 49.6 Å². The molecule has 0 unspecified atom stereocenters. The summed E-state index contributed by atoms with van der Waals surface area (Å²) in [7, 11) is 1.60. The number of ether oxygens (including phenoxy) is 1. The molecule has 1 aliphatic heterocycles. The smallest absolute Gasteiger partial charge is 0.251 e. The van der Waals surface area contributed by atoms with Gasteiger partial charge in [-0.1, -0.05) is 6.07 Å². The average molecular weight is 318 g/mol. The van der Waals surface area contributed by atoms with Crippen LogP contribution >= 0.6 is 0 Å². The first-order valence-corrected chi connectivity index (χ1v) is 8.16. The Balaban J connectivity index is 1.82. The van der Waals surface area contributed by atoms with Crippen molar-refractivity contribution in [3.05, 3.63) is 34.9 Å². The Bertz CT molecular complexity index is 563. The Morgan fingerprint density at radius 1 is 1.22 bits per heavy atom. The van der Waals surface area contributed by atoms with E-state index in [-0.39, 0.29) is 17.9 Å². The minimum atomic E-state index is -0.0303. The molecule has 0 aliphatic carbocycles. The number of nitrogens with one attached hydrogen (secondary N) is 1. The van der Waals surface area contributed by atoms with Gasteiger partial charge in [0, 0.05) is 31.8 Å². The molecule has 0 saturated carbocycles. The molecule has 1 aromatic carbocycles. The molecule has 2 rings (SSSR count). The third-order valence-corrected chi connectivity index (χ3v) is 4.47. The fraction of sp³-hybridized carbons (Fsp3) is 0.556. The monoisotopic (exact) mass is 318 g/mol. The van der Waals surface area contributed by atoms with Crippen LogP contribution < -0.4 is 5.32 Å². The minimum Gasteiger partial charge on any atom is -0.384 e. The summed E-state index contributed by atoms with van der Waals surface area (Å²) in [6.07, 6.45) is 2.03. The summed E-state index contributed by atoms with van der Waals surface area (Å²) >= 11 is 0. The van der Waals surface area contributed by atoms with Crippen molar-refractivity contribution >= 4 is 11.8 Å². The van der Waals surface area contributed by atoms with E-state index < -0.39 is 0 Å². The van der Waals surface area contributed by atoms with E-state index in [2.05, 4.69) is 5.32 Å². The molecule has 1 aromatic rings.